The van der Waals surface area contributed by atoms with Crippen molar-refractivity contribution in [1.29, 1.82) is 0 Å². The molecule has 0 aromatic heterocycles. The van der Waals surface area contributed by atoms with E-state index in [2.05, 4.69) is 41.7 Å². The number of nitrogens with one attached hydrogen (secondary N) is 4. The number of rotatable bonds is 16. The van der Waals surface area contributed by atoms with Gasteiger partial charge in [0.05, 0.1) is 74.1 Å². The molecule has 0 radical (unpaired) electrons. The van der Waals surface area contributed by atoms with Crippen LogP contribution in [-0.4, -0.2) is 47.3 Å². The van der Waals surface area contributed by atoms with Crippen LogP contribution in [0.4, 0.5) is 34.1 Å². The van der Waals surface area contributed by atoms with E-state index in [-0.39, 0.29) is 79.7 Å². The monoisotopic (exact) mass is 1050 g/mol. The number of azo groups is 2. The molecule has 2 atom stereocenters. The summed E-state index contributed by atoms with van der Waals surface area (Å²) in [4.78, 5) is 78.9. The number of nitrogens with zero attached hydrogens (tertiary/aromatic N) is 4. The van der Waals surface area contributed by atoms with Gasteiger partial charge < -0.3 is 21.3 Å². The zero-order valence-electron chi connectivity index (χ0n) is 34.8. The van der Waals surface area contributed by atoms with Crippen molar-refractivity contribution in [3.8, 4) is 0 Å². The van der Waals surface area contributed by atoms with E-state index in [1.165, 1.54) is 74.5 Å². The Morgan fingerprint density at radius 3 is 1.24 bits per heavy atom. The Balaban J connectivity index is 1.31. The van der Waals surface area contributed by atoms with Crippen molar-refractivity contribution < 1.29 is 28.8 Å². The lowest BCUT2D eigenvalue weighted by atomic mass is 10.0. The number of hydrogen-bond donors (Lipinski definition) is 4. The average molecular weight is 1050 g/mol. The van der Waals surface area contributed by atoms with Gasteiger partial charge in [0.1, 0.15) is 0 Å². The molecule has 14 nitrogen and oxygen atoms in total. The minimum absolute atomic E-state index is 0.0162. The summed E-state index contributed by atoms with van der Waals surface area (Å²) >= 11 is 49.3. The second-order valence-electron chi connectivity index (χ2n) is 14.0. The van der Waals surface area contributed by atoms with Crippen molar-refractivity contribution in [2.75, 3.05) is 21.3 Å². The van der Waals surface area contributed by atoms with Crippen LogP contribution in [0, 0.1) is 0 Å². The van der Waals surface area contributed by atoms with Gasteiger partial charge in [0.2, 0.25) is 12.1 Å². The topological polar surface area (TPSA) is 200 Å². The van der Waals surface area contributed by atoms with Gasteiger partial charge in [0.15, 0.2) is 11.6 Å². The number of ketones is 2. The van der Waals surface area contributed by atoms with Crippen LogP contribution in [0.2, 0.25) is 40.2 Å². The molecule has 0 heterocycles. The molecule has 0 saturated carbocycles. The number of aryl methyl sites for hydroxylation is 2. The lowest BCUT2D eigenvalue weighted by Gasteiger charge is -2.19. The highest BCUT2D eigenvalue weighted by Crippen LogP contribution is 2.38. The molecule has 5 aromatic rings. The summed E-state index contributed by atoms with van der Waals surface area (Å²) in [5, 5.41) is 27.5. The van der Waals surface area contributed by atoms with Gasteiger partial charge in [-0.15, -0.1) is 0 Å². The molecule has 0 aliphatic carbocycles. The lowest BCUT2D eigenvalue weighted by Crippen LogP contribution is -2.33. The third-order valence-electron chi connectivity index (χ3n) is 9.38. The molecule has 0 spiro atoms. The van der Waals surface area contributed by atoms with Crippen molar-refractivity contribution in [1.82, 2.24) is 0 Å². The SMILES string of the molecule is CCc1cc(NC(=O)C(N=Nc2ccc(Cl)c(C(=O)Nc3ccc(Cl)c(Cl)c3Cl)c2)C(C)=O)cc(CC)c1NC(=O)C(N=Nc1ccc(Cl)c(C(=O)Nc2ccc(Cl)c(Cl)c2Cl)c1)C(C)=O. The molecule has 0 saturated heterocycles. The molecule has 66 heavy (non-hydrogen) atoms. The van der Waals surface area contributed by atoms with Crippen LogP contribution in [0.15, 0.2) is 93.3 Å². The molecule has 5 rings (SSSR count). The maximum atomic E-state index is 13.7. The number of carbonyl (C=O) groups excluding carboxylic acids is 6. The standard InChI is InChI=1S/C44H34Cl8N8O6/c1-5-21-15-25(53-43(65)38(19(3)61)59-57-23-7-9-28(45)26(17-23)41(63)54-32-13-11-30(47)34(49)36(32)51)16-22(6-2)40(21)56-44(66)39(20(4)62)60-58-24-8-10-29(46)27(18-24)42(64)55-33-14-12-31(48)35(50)37(33)52/h7-18,38-39H,5-6H2,1-4H3,(H,53,65)(H,54,63)(H,55,64)(H,56,66). The number of Topliss-reactive ketones (excluding diaryl/α,β-unsaturated/α-hetero) is 2. The zero-order chi connectivity index (χ0) is 48.6. The van der Waals surface area contributed by atoms with E-state index in [9.17, 15) is 28.8 Å². The van der Waals surface area contributed by atoms with Crippen LogP contribution in [-0.2, 0) is 32.0 Å². The van der Waals surface area contributed by atoms with Crippen molar-refractivity contribution in [2.45, 2.75) is 52.6 Å². The van der Waals surface area contributed by atoms with E-state index in [4.69, 9.17) is 92.8 Å². The third kappa shape index (κ3) is 12.6. The number of benzene rings is 5. The number of carbonyl (C=O) groups is 6. The van der Waals surface area contributed by atoms with Crippen LogP contribution in [0.3, 0.4) is 0 Å². The van der Waals surface area contributed by atoms with Gasteiger partial charge in [-0.25, -0.2) is 0 Å². The van der Waals surface area contributed by atoms with E-state index < -0.39 is 47.3 Å². The molecule has 0 aliphatic rings. The van der Waals surface area contributed by atoms with Gasteiger partial charge in [-0.05, 0) is 111 Å². The van der Waals surface area contributed by atoms with E-state index in [0.717, 1.165) is 0 Å². The van der Waals surface area contributed by atoms with Crippen LogP contribution in [0.1, 0.15) is 59.5 Å². The molecular weight excluding hydrogens is 1020 g/mol. The highest BCUT2D eigenvalue weighted by molar-refractivity contribution is 6.50. The van der Waals surface area contributed by atoms with Gasteiger partial charge in [0.25, 0.3) is 23.6 Å². The largest absolute Gasteiger partial charge is 0.324 e. The first-order valence-electron chi connectivity index (χ1n) is 19.3. The molecule has 5 aromatic carbocycles. The van der Waals surface area contributed by atoms with Gasteiger partial charge in [-0.2, -0.15) is 20.5 Å². The Kier molecular flexibility index (Phi) is 18.1. The van der Waals surface area contributed by atoms with Gasteiger partial charge in [-0.3, -0.25) is 28.8 Å². The summed E-state index contributed by atoms with van der Waals surface area (Å²) in [5.74, 6) is -4.21. The fraction of sp³-hybridized carbons (Fsp3) is 0.182. The summed E-state index contributed by atoms with van der Waals surface area (Å²) in [6, 6.07) is 14.1. The Bertz CT molecular complexity index is 2830. The van der Waals surface area contributed by atoms with Crippen LogP contribution >= 0.6 is 92.8 Å². The third-order valence-corrected chi connectivity index (χ3v) is 12.6. The summed E-state index contributed by atoms with van der Waals surface area (Å²) < 4.78 is 0. The molecule has 22 heteroatoms. The van der Waals surface area contributed by atoms with Crippen LogP contribution < -0.4 is 21.3 Å². The normalized spacial score (nSPS) is 12.2. The Hall–Kier alpha value is -5.16. The molecule has 2 unspecified atom stereocenters. The lowest BCUT2D eigenvalue weighted by molar-refractivity contribution is -0.127. The van der Waals surface area contributed by atoms with Crippen LogP contribution in [0.5, 0.6) is 0 Å². The fourth-order valence-electron chi connectivity index (χ4n) is 5.97. The molecular formula is C44H34Cl8N8O6. The molecule has 0 bridgehead atoms. The maximum Gasteiger partial charge on any atom is 0.258 e. The first-order valence-corrected chi connectivity index (χ1v) is 22.4. The predicted octanol–water partition coefficient (Wildman–Crippen LogP) is 13.9. The molecule has 0 aliphatic heterocycles. The van der Waals surface area contributed by atoms with E-state index in [0.29, 0.717) is 29.7 Å². The first-order chi connectivity index (χ1) is 31.2. The molecule has 0 fully saturated rings. The molecule has 4 amide bonds. The van der Waals surface area contributed by atoms with Gasteiger partial charge in [0, 0.05) is 11.4 Å². The Morgan fingerprint density at radius 2 is 0.864 bits per heavy atom. The quantitative estimate of drug-likeness (QED) is 0.0430. The number of anilines is 4. The number of amides is 4. The summed E-state index contributed by atoms with van der Waals surface area (Å²) in [6.07, 6.45) is 0.725. The Labute approximate surface area is 417 Å². The molecule has 342 valence electrons. The smallest absolute Gasteiger partial charge is 0.258 e. The Morgan fingerprint density at radius 1 is 0.485 bits per heavy atom. The van der Waals surface area contributed by atoms with Gasteiger partial charge >= 0.3 is 0 Å². The minimum atomic E-state index is -1.60. The highest BCUT2D eigenvalue weighted by Gasteiger charge is 2.27. The van der Waals surface area contributed by atoms with E-state index in [1.54, 1.807) is 12.1 Å². The van der Waals surface area contributed by atoms with Crippen molar-refractivity contribution in [3.05, 3.63) is 135 Å². The van der Waals surface area contributed by atoms with Crippen LogP contribution in [0.25, 0.3) is 0 Å². The highest BCUT2D eigenvalue weighted by atomic mass is 35.5. The van der Waals surface area contributed by atoms with Crippen molar-refractivity contribution >= 4 is 162 Å². The summed E-state index contributed by atoms with van der Waals surface area (Å²) in [5.41, 5.74) is 2.31. The van der Waals surface area contributed by atoms with Crippen molar-refractivity contribution in [2.24, 2.45) is 20.5 Å². The summed E-state index contributed by atoms with van der Waals surface area (Å²) in [6.45, 7) is 5.97. The zero-order valence-corrected chi connectivity index (χ0v) is 40.8. The molecule has 4 N–H and O–H groups in total. The van der Waals surface area contributed by atoms with E-state index in [1.807, 2.05) is 13.8 Å². The fourth-order valence-corrected chi connectivity index (χ4v) is 7.54. The maximum absolute atomic E-state index is 13.7. The number of halogens is 8. The first kappa shape index (κ1) is 51.8. The van der Waals surface area contributed by atoms with Gasteiger partial charge in [-0.1, -0.05) is 107 Å². The predicted molar refractivity (Wildman–Crippen MR) is 262 cm³/mol. The van der Waals surface area contributed by atoms with Crippen molar-refractivity contribution in [3.63, 3.8) is 0 Å². The summed E-state index contributed by atoms with van der Waals surface area (Å²) in [7, 11) is 0. The van der Waals surface area contributed by atoms with E-state index >= 15 is 0 Å². The minimum Gasteiger partial charge on any atom is -0.324 e. The second kappa shape index (κ2) is 23.0. The second-order valence-corrected chi connectivity index (χ2v) is 17.1. The average Bonchev–Trinajstić information content (AvgIpc) is 3.27. The number of hydrogen-bond acceptors (Lipinski definition) is 10.